The summed E-state index contributed by atoms with van der Waals surface area (Å²) in [7, 11) is 0. The molecule has 3 N–H and O–H groups in total. The minimum Gasteiger partial charge on any atom is -0.396 e. The predicted molar refractivity (Wildman–Crippen MR) is 70.0 cm³/mol. The fourth-order valence-electron chi connectivity index (χ4n) is 1.46. The van der Waals surface area contributed by atoms with Gasteiger partial charge in [-0.3, -0.25) is 4.98 Å². The van der Waals surface area contributed by atoms with E-state index in [0.717, 1.165) is 5.56 Å². The van der Waals surface area contributed by atoms with Crippen LogP contribution in [0.2, 0.25) is 5.02 Å². The molecule has 0 unspecified atom stereocenters. The maximum absolute atomic E-state index is 5.80. The summed E-state index contributed by atoms with van der Waals surface area (Å²) in [6.07, 6.45) is 5.17. The molecular formula is C12H13ClN4. The van der Waals surface area contributed by atoms with Crippen molar-refractivity contribution in [2.45, 2.75) is 13.5 Å². The zero-order chi connectivity index (χ0) is 12.3. The molecule has 0 aromatic carbocycles. The second-order valence-electron chi connectivity index (χ2n) is 3.75. The lowest BCUT2D eigenvalue weighted by molar-refractivity contribution is 1.06. The number of pyridine rings is 2. The van der Waals surface area contributed by atoms with Crippen molar-refractivity contribution in [3.05, 3.63) is 46.9 Å². The molecule has 0 bridgehead atoms. The SMILES string of the molecule is Cc1ccncc1CNc1ncc(Cl)cc1N. The molecule has 0 aliphatic rings. The zero-order valence-corrected chi connectivity index (χ0v) is 10.2. The molecule has 0 radical (unpaired) electrons. The van der Waals surface area contributed by atoms with Crippen molar-refractivity contribution in [2.24, 2.45) is 0 Å². The van der Waals surface area contributed by atoms with Gasteiger partial charge in [0.25, 0.3) is 0 Å². The van der Waals surface area contributed by atoms with Crippen LogP contribution in [0.25, 0.3) is 0 Å². The Labute approximate surface area is 105 Å². The average molecular weight is 249 g/mol. The summed E-state index contributed by atoms with van der Waals surface area (Å²) in [6.45, 7) is 2.68. The lowest BCUT2D eigenvalue weighted by Gasteiger charge is -2.09. The first kappa shape index (κ1) is 11.7. The van der Waals surface area contributed by atoms with E-state index in [1.807, 2.05) is 19.2 Å². The first-order valence-corrected chi connectivity index (χ1v) is 5.59. The van der Waals surface area contributed by atoms with Crippen LogP contribution in [-0.4, -0.2) is 9.97 Å². The van der Waals surface area contributed by atoms with Gasteiger partial charge in [-0.05, 0) is 30.2 Å². The first-order chi connectivity index (χ1) is 8.16. The molecule has 2 aromatic rings. The number of aryl methyl sites for hydroxylation is 1. The van der Waals surface area contributed by atoms with Crippen LogP contribution in [0.4, 0.5) is 11.5 Å². The van der Waals surface area contributed by atoms with Gasteiger partial charge in [0.2, 0.25) is 0 Å². The molecule has 2 rings (SSSR count). The van der Waals surface area contributed by atoms with Crippen molar-refractivity contribution in [1.29, 1.82) is 0 Å². The number of anilines is 2. The Morgan fingerprint density at radius 3 is 2.94 bits per heavy atom. The second kappa shape index (κ2) is 5.01. The minimum absolute atomic E-state index is 0.533. The van der Waals surface area contributed by atoms with E-state index >= 15 is 0 Å². The third-order valence-corrected chi connectivity index (χ3v) is 2.68. The van der Waals surface area contributed by atoms with Crippen LogP contribution >= 0.6 is 11.6 Å². The van der Waals surface area contributed by atoms with E-state index in [1.54, 1.807) is 18.5 Å². The van der Waals surface area contributed by atoms with Crippen LogP contribution in [-0.2, 0) is 6.54 Å². The number of nitrogen functional groups attached to an aromatic ring is 1. The summed E-state index contributed by atoms with van der Waals surface area (Å²) in [5.41, 5.74) is 8.63. The van der Waals surface area contributed by atoms with Gasteiger partial charge >= 0.3 is 0 Å². The molecule has 88 valence electrons. The van der Waals surface area contributed by atoms with Gasteiger partial charge in [0, 0.05) is 25.1 Å². The highest BCUT2D eigenvalue weighted by Gasteiger charge is 2.02. The van der Waals surface area contributed by atoms with Crippen LogP contribution in [0.1, 0.15) is 11.1 Å². The molecule has 5 heteroatoms. The third-order valence-electron chi connectivity index (χ3n) is 2.48. The Balaban J connectivity index is 2.10. The highest BCUT2D eigenvalue weighted by molar-refractivity contribution is 6.30. The third kappa shape index (κ3) is 2.85. The van der Waals surface area contributed by atoms with Gasteiger partial charge in [-0.2, -0.15) is 0 Å². The van der Waals surface area contributed by atoms with Crippen LogP contribution in [0, 0.1) is 6.92 Å². The Hall–Kier alpha value is -1.81. The second-order valence-corrected chi connectivity index (χ2v) is 4.18. The molecule has 0 saturated heterocycles. The number of nitrogens with two attached hydrogens (primary N) is 1. The number of halogens is 1. The summed E-state index contributed by atoms with van der Waals surface area (Å²) >= 11 is 5.78. The van der Waals surface area contributed by atoms with Crippen LogP contribution < -0.4 is 11.1 Å². The van der Waals surface area contributed by atoms with E-state index in [1.165, 1.54) is 5.56 Å². The maximum atomic E-state index is 5.80. The molecule has 0 fully saturated rings. The average Bonchev–Trinajstić information content (AvgIpc) is 2.30. The molecule has 4 nitrogen and oxygen atoms in total. The topological polar surface area (TPSA) is 63.8 Å². The number of nitrogens with zero attached hydrogens (tertiary/aromatic N) is 2. The van der Waals surface area contributed by atoms with E-state index in [4.69, 9.17) is 17.3 Å². The summed E-state index contributed by atoms with van der Waals surface area (Å²) in [5, 5.41) is 3.70. The smallest absolute Gasteiger partial charge is 0.149 e. The van der Waals surface area contributed by atoms with Gasteiger partial charge in [-0.1, -0.05) is 11.6 Å². The van der Waals surface area contributed by atoms with Crippen molar-refractivity contribution in [1.82, 2.24) is 9.97 Å². The van der Waals surface area contributed by atoms with E-state index in [0.29, 0.717) is 23.1 Å². The van der Waals surface area contributed by atoms with Gasteiger partial charge in [-0.25, -0.2) is 4.98 Å². The maximum Gasteiger partial charge on any atom is 0.149 e. The van der Waals surface area contributed by atoms with Gasteiger partial charge in [0.1, 0.15) is 5.82 Å². The Morgan fingerprint density at radius 1 is 1.41 bits per heavy atom. The van der Waals surface area contributed by atoms with Crippen LogP contribution in [0.3, 0.4) is 0 Å². The van der Waals surface area contributed by atoms with Crippen molar-refractivity contribution in [2.75, 3.05) is 11.1 Å². The summed E-state index contributed by atoms with van der Waals surface area (Å²) in [6, 6.07) is 3.64. The molecule has 0 aliphatic heterocycles. The molecule has 17 heavy (non-hydrogen) atoms. The summed E-state index contributed by atoms with van der Waals surface area (Å²) in [5.74, 6) is 0.637. The molecular weight excluding hydrogens is 236 g/mol. The van der Waals surface area contributed by atoms with E-state index in [2.05, 4.69) is 15.3 Å². The van der Waals surface area contributed by atoms with Gasteiger partial charge in [-0.15, -0.1) is 0 Å². The fraction of sp³-hybridized carbons (Fsp3) is 0.167. The molecule has 0 spiro atoms. The van der Waals surface area contributed by atoms with Crippen molar-refractivity contribution in [3.63, 3.8) is 0 Å². The minimum atomic E-state index is 0.533. The number of hydrogen-bond donors (Lipinski definition) is 2. The van der Waals surface area contributed by atoms with E-state index < -0.39 is 0 Å². The normalized spacial score (nSPS) is 10.2. The highest BCUT2D eigenvalue weighted by Crippen LogP contribution is 2.20. The zero-order valence-electron chi connectivity index (χ0n) is 9.44. The first-order valence-electron chi connectivity index (χ1n) is 5.21. The number of hydrogen-bond acceptors (Lipinski definition) is 4. The van der Waals surface area contributed by atoms with Gasteiger partial charge in [0.15, 0.2) is 0 Å². The monoisotopic (exact) mass is 248 g/mol. The Bertz CT molecular complexity index is 528. The summed E-state index contributed by atoms with van der Waals surface area (Å²) < 4.78 is 0. The molecule has 0 saturated carbocycles. The van der Waals surface area contributed by atoms with Gasteiger partial charge < -0.3 is 11.1 Å². The molecule has 2 aromatic heterocycles. The lowest BCUT2D eigenvalue weighted by atomic mass is 10.1. The quantitative estimate of drug-likeness (QED) is 0.877. The Morgan fingerprint density at radius 2 is 2.24 bits per heavy atom. The standard InChI is InChI=1S/C12H13ClN4/c1-8-2-3-15-5-9(8)6-16-12-11(14)4-10(13)7-17-12/h2-5,7H,6,14H2,1H3,(H,16,17). The van der Waals surface area contributed by atoms with Crippen molar-refractivity contribution >= 4 is 23.1 Å². The molecule has 2 heterocycles. The molecule has 0 amide bonds. The number of rotatable bonds is 3. The number of nitrogens with one attached hydrogen (secondary N) is 1. The fourth-order valence-corrected chi connectivity index (χ4v) is 1.63. The molecule has 0 atom stereocenters. The lowest BCUT2D eigenvalue weighted by Crippen LogP contribution is -2.05. The van der Waals surface area contributed by atoms with Crippen LogP contribution in [0.15, 0.2) is 30.7 Å². The highest BCUT2D eigenvalue weighted by atomic mass is 35.5. The van der Waals surface area contributed by atoms with Crippen molar-refractivity contribution in [3.8, 4) is 0 Å². The van der Waals surface area contributed by atoms with E-state index in [-0.39, 0.29) is 0 Å². The van der Waals surface area contributed by atoms with Crippen molar-refractivity contribution < 1.29 is 0 Å². The van der Waals surface area contributed by atoms with Gasteiger partial charge in [0.05, 0.1) is 10.7 Å². The molecule has 0 aliphatic carbocycles. The Kier molecular flexibility index (Phi) is 3.44. The van der Waals surface area contributed by atoms with E-state index in [9.17, 15) is 0 Å². The number of aromatic nitrogens is 2. The predicted octanol–water partition coefficient (Wildman–Crippen LogP) is 2.63. The van der Waals surface area contributed by atoms with Crippen LogP contribution in [0.5, 0.6) is 0 Å². The largest absolute Gasteiger partial charge is 0.396 e. The summed E-state index contributed by atoms with van der Waals surface area (Å²) in [4.78, 5) is 8.22.